The average Bonchev–Trinajstić information content (AvgIpc) is 3.27. The molecule has 3 aromatic rings. The van der Waals surface area contributed by atoms with Crippen molar-refractivity contribution in [3.05, 3.63) is 92.2 Å². The summed E-state index contributed by atoms with van der Waals surface area (Å²) < 4.78 is 5.40. The lowest BCUT2D eigenvalue weighted by Crippen LogP contribution is -2.36. The Bertz CT molecular complexity index is 963. The van der Waals surface area contributed by atoms with Crippen molar-refractivity contribution in [2.75, 3.05) is 7.11 Å². The molecule has 2 N–H and O–H groups in total. The summed E-state index contributed by atoms with van der Waals surface area (Å²) in [5.41, 5.74) is 1.99. The highest BCUT2D eigenvalue weighted by Crippen LogP contribution is 2.17. The van der Waals surface area contributed by atoms with Crippen LogP contribution in [0.5, 0.6) is 5.75 Å². The first kappa shape index (κ1) is 23.6. The highest BCUT2D eigenvalue weighted by atomic mass is 127. The van der Waals surface area contributed by atoms with E-state index in [4.69, 9.17) is 4.74 Å². The van der Waals surface area contributed by atoms with Gasteiger partial charge in [-0.2, -0.15) is 0 Å². The van der Waals surface area contributed by atoms with Gasteiger partial charge in [0, 0.05) is 29.1 Å². The number of non-ortho nitro benzene ring substituents is 1. The van der Waals surface area contributed by atoms with Gasteiger partial charge in [-0.05, 0) is 23.1 Å². The van der Waals surface area contributed by atoms with Crippen LogP contribution >= 0.6 is 35.3 Å². The molecule has 158 valence electrons. The van der Waals surface area contributed by atoms with Gasteiger partial charge in [0.2, 0.25) is 0 Å². The van der Waals surface area contributed by atoms with E-state index in [1.165, 1.54) is 17.0 Å². The molecule has 0 amide bonds. The number of aliphatic imine (C=N–C) groups is 1. The lowest BCUT2D eigenvalue weighted by atomic mass is 10.2. The van der Waals surface area contributed by atoms with Gasteiger partial charge < -0.3 is 15.4 Å². The molecule has 1 aromatic heterocycles. The fraction of sp³-hybridized carbons (Fsp3) is 0.190. The molecule has 1 heterocycles. The van der Waals surface area contributed by atoms with E-state index in [1.54, 1.807) is 30.6 Å². The van der Waals surface area contributed by atoms with Crippen LogP contribution in [0.15, 0.2) is 71.0 Å². The number of halogens is 1. The second-order valence-electron chi connectivity index (χ2n) is 6.19. The van der Waals surface area contributed by atoms with Crippen LogP contribution in [-0.4, -0.2) is 18.0 Å². The van der Waals surface area contributed by atoms with Gasteiger partial charge in [0.25, 0.3) is 5.69 Å². The van der Waals surface area contributed by atoms with Crippen molar-refractivity contribution in [1.29, 1.82) is 0 Å². The monoisotopic (exact) mass is 538 g/mol. The van der Waals surface area contributed by atoms with E-state index in [-0.39, 0.29) is 29.7 Å². The number of methoxy groups -OCH3 is 1. The maximum absolute atomic E-state index is 10.8. The number of hydrogen-bond donors (Lipinski definition) is 2. The molecule has 0 unspecified atom stereocenters. The summed E-state index contributed by atoms with van der Waals surface area (Å²) in [6, 6.07) is 18.3. The smallest absolute Gasteiger partial charge is 0.269 e. The number of benzene rings is 2. The van der Waals surface area contributed by atoms with E-state index >= 15 is 0 Å². The number of guanidine groups is 1. The zero-order valence-corrected chi connectivity index (χ0v) is 19.6. The third-order valence-electron chi connectivity index (χ3n) is 4.22. The summed E-state index contributed by atoms with van der Waals surface area (Å²) in [5, 5.41) is 19.5. The minimum Gasteiger partial charge on any atom is -0.496 e. The summed E-state index contributed by atoms with van der Waals surface area (Å²) >= 11 is 1.68. The molecule has 30 heavy (non-hydrogen) atoms. The normalized spacial score (nSPS) is 10.8. The van der Waals surface area contributed by atoms with Crippen molar-refractivity contribution in [2.45, 2.75) is 19.6 Å². The van der Waals surface area contributed by atoms with Crippen LogP contribution in [0.4, 0.5) is 5.69 Å². The summed E-state index contributed by atoms with van der Waals surface area (Å²) in [4.78, 5) is 16.2. The molecule has 0 aliphatic heterocycles. The topological polar surface area (TPSA) is 88.8 Å². The highest BCUT2D eigenvalue weighted by Gasteiger charge is 2.06. The zero-order chi connectivity index (χ0) is 20.5. The van der Waals surface area contributed by atoms with Gasteiger partial charge in [-0.25, -0.2) is 4.99 Å². The first-order chi connectivity index (χ1) is 14.2. The third kappa shape index (κ3) is 6.99. The Balaban J connectivity index is 0.00000320. The van der Waals surface area contributed by atoms with Crippen LogP contribution in [0.3, 0.4) is 0 Å². The van der Waals surface area contributed by atoms with E-state index in [0.717, 1.165) is 16.9 Å². The van der Waals surface area contributed by atoms with Gasteiger partial charge in [0.15, 0.2) is 5.96 Å². The molecule has 0 bridgehead atoms. The second kappa shape index (κ2) is 12.1. The molecular weight excluding hydrogens is 515 g/mol. The van der Waals surface area contributed by atoms with Crippen LogP contribution < -0.4 is 15.4 Å². The third-order valence-corrected chi connectivity index (χ3v) is 5.09. The van der Waals surface area contributed by atoms with Gasteiger partial charge >= 0.3 is 0 Å². The van der Waals surface area contributed by atoms with E-state index < -0.39 is 4.92 Å². The summed E-state index contributed by atoms with van der Waals surface area (Å²) in [6.45, 7) is 1.62. The SMILES string of the molecule is COc1ccccc1CNC(=NCc1ccc([N+](=O)[O-])cc1)NCc1cccs1.I. The number of nitro benzene ring substituents is 1. The minimum atomic E-state index is -0.407. The first-order valence-electron chi connectivity index (χ1n) is 9.05. The number of nitrogens with one attached hydrogen (secondary N) is 2. The van der Waals surface area contributed by atoms with Crippen molar-refractivity contribution < 1.29 is 9.66 Å². The molecule has 0 aliphatic carbocycles. The molecule has 2 aromatic carbocycles. The molecule has 3 rings (SSSR count). The number of hydrogen-bond acceptors (Lipinski definition) is 5. The Labute approximate surface area is 196 Å². The van der Waals surface area contributed by atoms with Gasteiger partial charge in [0.1, 0.15) is 5.75 Å². The predicted molar refractivity (Wildman–Crippen MR) is 131 cm³/mol. The molecule has 7 nitrogen and oxygen atoms in total. The standard InChI is InChI=1S/C21H22N4O3S.HI/c1-28-20-7-3-2-5-17(20)14-23-21(24-15-19-6-4-12-29-19)22-13-16-8-10-18(11-9-16)25(26)27;/h2-12H,13-15H2,1H3,(H2,22,23,24);1H. The Morgan fingerprint density at radius 2 is 1.80 bits per heavy atom. The second-order valence-corrected chi connectivity index (χ2v) is 7.22. The van der Waals surface area contributed by atoms with Gasteiger partial charge in [-0.15, -0.1) is 35.3 Å². The fourth-order valence-corrected chi connectivity index (χ4v) is 3.32. The molecule has 0 spiro atoms. The lowest BCUT2D eigenvalue weighted by molar-refractivity contribution is -0.384. The molecule has 0 saturated heterocycles. The quantitative estimate of drug-likeness (QED) is 0.143. The Hall–Kier alpha value is -2.66. The van der Waals surface area contributed by atoms with Crippen molar-refractivity contribution in [3.63, 3.8) is 0 Å². The largest absolute Gasteiger partial charge is 0.496 e. The van der Waals surface area contributed by atoms with Crippen molar-refractivity contribution >= 4 is 47.0 Å². The molecule has 0 fully saturated rings. The molecule has 9 heteroatoms. The number of thiophene rings is 1. The van der Waals surface area contributed by atoms with Crippen LogP contribution in [0.25, 0.3) is 0 Å². The zero-order valence-electron chi connectivity index (χ0n) is 16.4. The number of nitrogens with zero attached hydrogens (tertiary/aromatic N) is 2. The van der Waals surface area contributed by atoms with Gasteiger partial charge in [-0.1, -0.05) is 36.4 Å². The Morgan fingerprint density at radius 1 is 1.07 bits per heavy atom. The van der Waals surface area contributed by atoms with Crippen LogP contribution in [-0.2, 0) is 19.6 Å². The van der Waals surface area contributed by atoms with E-state index in [1.807, 2.05) is 35.7 Å². The van der Waals surface area contributed by atoms with E-state index in [0.29, 0.717) is 25.6 Å². The maximum Gasteiger partial charge on any atom is 0.269 e. The fourth-order valence-electron chi connectivity index (χ4n) is 2.68. The average molecular weight is 538 g/mol. The predicted octanol–water partition coefficient (Wildman–Crippen LogP) is 4.72. The highest BCUT2D eigenvalue weighted by molar-refractivity contribution is 14.0. The maximum atomic E-state index is 10.8. The number of rotatable bonds is 8. The Kier molecular flexibility index (Phi) is 9.55. The van der Waals surface area contributed by atoms with Crippen LogP contribution in [0.1, 0.15) is 16.0 Å². The van der Waals surface area contributed by atoms with Crippen molar-refractivity contribution in [3.8, 4) is 5.75 Å². The Morgan fingerprint density at radius 3 is 2.47 bits per heavy atom. The van der Waals surface area contributed by atoms with Crippen molar-refractivity contribution in [2.24, 2.45) is 4.99 Å². The molecular formula is C21H23IN4O3S. The van der Waals surface area contributed by atoms with Gasteiger partial charge in [0.05, 0.1) is 25.1 Å². The number of nitro groups is 1. The van der Waals surface area contributed by atoms with Crippen LogP contribution in [0.2, 0.25) is 0 Å². The number of ether oxygens (including phenoxy) is 1. The molecule has 0 aliphatic rings. The van der Waals surface area contributed by atoms with Gasteiger partial charge in [-0.3, -0.25) is 10.1 Å². The van der Waals surface area contributed by atoms with Crippen molar-refractivity contribution in [1.82, 2.24) is 10.6 Å². The van der Waals surface area contributed by atoms with E-state index in [9.17, 15) is 10.1 Å². The number of para-hydroxylation sites is 1. The lowest BCUT2D eigenvalue weighted by Gasteiger charge is -2.14. The molecule has 0 atom stereocenters. The van der Waals surface area contributed by atoms with Crippen LogP contribution in [0, 0.1) is 10.1 Å². The summed E-state index contributed by atoms with van der Waals surface area (Å²) in [7, 11) is 1.65. The summed E-state index contributed by atoms with van der Waals surface area (Å²) in [5.74, 6) is 1.47. The minimum absolute atomic E-state index is 0. The molecule has 0 saturated carbocycles. The first-order valence-corrected chi connectivity index (χ1v) is 9.93. The van der Waals surface area contributed by atoms with E-state index in [2.05, 4.69) is 21.7 Å². The molecule has 0 radical (unpaired) electrons. The summed E-state index contributed by atoms with van der Waals surface area (Å²) in [6.07, 6.45) is 0.